The first-order chi connectivity index (χ1) is 17.9. The predicted octanol–water partition coefficient (Wildman–Crippen LogP) is 10.5. The lowest BCUT2D eigenvalue weighted by molar-refractivity contribution is -0.211. The first-order valence-corrected chi connectivity index (χ1v) is 13.5. The molecule has 0 saturated heterocycles. The number of aromatic nitrogens is 1. The number of rotatable bonds is 6. The SMILES string of the molecule is Cc1c(Oc2ccc(CC(C)(C)C(F)(F)F)cc2)sc2c(-c3cc(C(C)C)c4ccccc4c3)nccc12. The molecule has 5 aromatic rings. The van der Waals surface area contributed by atoms with Crippen molar-refractivity contribution in [2.24, 2.45) is 5.41 Å². The highest BCUT2D eigenvalue weighted by Crippen LogP contribution is 2.44. The van der Waals surface area contributed by atoms with Crippen molar-refractivity contribution in [3.63, 3.8) is 0 Å². The molecule has 0 atom stereocenters. The molecule has 3 aromatic carbocycles. The average Bonchev–Trinajstić information content (AvgIpc) is 3.18. The van der Waals surface area contributed by atoms with Crippen LogP contribution in [0.2, 0.25) is 0 Å². The van der Waals surface area contributed by atoms with Gasteiger partial charge in [0.1, 0.15) is 5.75 Å². The molecule has 0 radical (unpaired) electrons. The standard InChI is InChI=1S/C32H30F3NOS/c1-19(2)27-17-23(16-22-8-6-7-9-26(22)27)28-29-25(14-15-36-28)20(3)30(38-29)37-24-12-10-21(11-13-24)18-31(4,5)32(33,34)35/h6-17,19H,18H2,1-5H3. The minimum atomic E-state index is -4.26. The van der Waals surface area contributed by atoms with E-state index >= 15 is 0 Å². The van der Waals surface area contributed by atoms with Crippen LogP contribution >= 0.6 is 11.3 Å². The first-order valence-electron chi connectivity index (χ1n) is 12.7. The molecule has 0 aliphatic heterocycles. The van der Waals surface area contributed by atoms with Gasteiger partial charge in [0.25, 0.3) is 0 Å². The Morgan fingerprint density at radius 2 is 1.63 bits per heavy atom. The van der Waals surface area contributed by atoms with Gasteiger partial charge < -0.3 is 4.74 Å². The van der Waals surface area contributed by atoms with E-state index in [4.69, 9.17) is 9.72 Å². The van der Waals surface area contributed by atoms with E-state index in [0.29, 0.717) is 17.2 Å². The summed E-state index contributed by atoms with van der Waals surface area (Å²) in [5.41, 5.74) is 3.12. The fourth-order valence-electron chi connectivity index (χ4n) is 4.78. The molecule has 0 aliphatic rings. The maximum absolute atomic E-state index is 13.3. The minimum Gasteiger partial charge on any atom is -0.446 e. The van der Waals surface area contributed by atoms with Crippen LogP contribution in [0.3, 0.4) is 0 Å². The Bertz CT molecular complexity index is 1610. The molecule has 0 spiro atoms. The number of aryl methyl sites for hydroxylation is 1. The number of nitrogens with zero attached hydrogens (tertiary/aromatic N) is 1. The molecule has 0 unspecified atom stereocenters. The molecule has 2 nitrogen and oxygen atoms in total. The quantitative estimate of drug-likeness (QED) is 0.217. The molecule has 0 bridgehead atoms. The van der Waals surface area contributed by atoms with Gasteiger partial charge in [0.15, 0.2) is 5.06 Å². The van der Waals surface area contributed by atoms with Gasteiger partial charge in [0, 0.05) is 22.7 Å². The second-order valence-electron chi connectivity index (χ2n) is 10.8. The van der Waals surface area contributed by atoms with Crippen molar-refractivity contribution >= 4 is 32.2 Å². The van der Waals surface area contributed by atoms with Crippen molar-refractivity contribution in [2.75, 3.05) is 0 Å². The second-order valence-corrected chi connectivity index (χ2v) is 11.8. The largest absolute Gasteiger partial charge is 0.446 e. The second kappa shape index (κ2) is 9.73. The summed E-state index contributed by atoms with van der Waals surface area (Å²) >= 11 is 1.54. The van der Waals surface area contributed by atoms with Crippen LogP contribution in [0.4, 0.5) is 13.2 Å². The van der Waals surface area contributed by atoms with Crippen molar-refractivity contribution in [1.29, 1.82) is 0 Å². The lowest BCUT2D eigenvalue weighted by Crippen LogP contribution is -2.34. The van der Waals surface area contributed by atoms with E-state index in [9.17, 15) is 13.2 Å². The number of halogens is 3. The van der Waals surface area contributed by atoms with Crippen molar-refractivity contribution in [1.82, 2.24) is 4.98 Å². The topological polar surface area (TPSA) is 22.1 Å². The van der Waals surface area contributed by atoms with Gasteiger partial charge in [-0.2, -0.15) is 13.2 Å². The molecule has 0 amide bonds. The zero-order valence-corrected chi connectivity index (χ0v) is 22.9. The van der Waals surface area contributed by atoms with Gasteiger partial charge in [-0.05, 0) is 71.5 Å². The molecular weight excluding hydrogens is 503 g/mol. The van der Waals surface area contributed by atoms with Crippen LogP contribution in [0.5, 0.6) is 10.8 Å². The Hall–Kier alpha value is -3.38. The van der Waals surface area contributed by atoms with Gasteiger partial charge in [-0.25, -0.2) is 0 Å². The Morgan fingerprint density at radius 3 is 2.32 bits per heavy atom. The summed E-state index contributed by atoms with van der Waals surface area (Å²) in [7, 11) is 0. The zero-order chi connectivity index (χ0) is 27.2. The van der Waals surface area contributed by atoms with E-state index in [1.165, 1.54) is 30.2 Å². The fourth-order valence-corrected chi connectivity index (χ4v) is 5.96. The summed E-state index contributed by atoms with van der Waals surface area (Å²) in [6.07, 6.45) is -2.51. The lowest BCUT2D eigenvalue weighted by Gasteiger charge is -2.27. The van der Waals surface area contributed by atoms with Crippen molar-refractivity contribution in [3.8, 4) is 22.1 Å². The normalized spacial score (nSPS) is 12.6. The molecule has 2 heterocycles. The number of benzene rings is 3. The highest BCUT2D eigenvalue weighted by atomic mass is 32.1. The third kappa shape index (κ3) is 4.90. The van der Waals surface area contributed by atoms with E-state index in [2.05, 4.69) is 50.2 Å². The van der Waals surface area contributed by atoms with Crippen LogP contribution in [0.1, 0.15) is 50.3 Å². The number of pyridine rings is 1. The Balaban J connectivity index is 1.49. The minimum absolute atomic E-state index is 0.0855. The van der Waals surface area contributed by atoms with Gasteiger partial charge >= 0.3 is 6.18 Å². The molecule has 6 heteroatoms. The Morgan fingerprint density at radius 1 is 0.921 bits per heavy atom. The summed E-state index contributed by atoms with van der Waals surface area (Å²) in [5, 5.41) is 4.28. The van der Waals surface area contributed by atoms with Gasteiger partial charge in [-0.15, -0.1) is 0 Å². The van der Waals surface area contributed by atoms with Gasteiger partial charge in [-0.3, -0.25) is 4.98 Å². The third-order valence-corrected chi connectivity index (χ3v) is 8.34. The Labute approximate surface area is 225 Å². The number of fused-ring (bicyclic) bond motifs is 2. The summed E-state index contributed by atoms with van der Waals surface area (Å²) in [5.74, 6) is 0.961. The zero-order valence-electron chi connectivity index (χ0n) is 22.1. The van der Waals surface area contributed by atoms with Crippen LogP contribution in [-0.2, 0) is 6.42 Å². The van der Waals surface area contributed by atoms with E-state index in [1.807, 2.05) is 19.2 Å². The Kier molecular flexibility index (Phi) is 6.72. The highest BCUT2D eigenvalue weighted by molar-refractivity contribution is 7.21. The molecule has 196 valence electrons. The lowest BCUT2D eigenvalue weighted by atomic mass is 9.85. The van der Waals surface area contributed by atoms with Gasteiger partial charge in [0.05, 0.1) is 15.8 Å². The molecule has 0 fully saturated rings. The van der Waals surface area contributed by atoms with Crippen LogP contribution in [0.15, 0.2) is 72.9 Å². The molecule has 0 N–H and O–H groups in total. The number of ether oxygens (including phenoxy) is 1. The van der Waals surface area contributed by atoms with Crippen LogP contribution in [0.25, 0.3) is 32.1 Å². The van der Waals surface area contributed by atoms with Crippen molar-refractivity contribution in [2.45, 2.75) is 53.1 Å². The van der Waals surface area contributed by atoms with Crippen LogP contribution < -0.4 is 4.74 Å². The monoisotopic (exact) mass is 533 g/mol. The molecule has 2 aromatic heterocycles. The number of hydrogen-bond donors (Lipinski definition) is 0. The van der Waals surface area contributed by atoms with Crippen molar-refractivity contribution < 1.29 is 17.9 Å². The molecule has 5 rings (SSSR count). The van der Waals surface area contributed by atoms with E-state index in [-0.39, 0.29) is 6.42 Å². The molecule has 0 aliphatic carbocycles. The smallest absolute Gasteiger partial charge is 0.394 e. The third-order valence-electron chi connectivity index (χ3n) is 7.15. The van der Waals surface area contributed by atoms with Gasteiger partial charge in [0.2, 0.25) is 0 Å². The maximum Gasteiger partial charge on any atom is 0.394 e. The van der Waals surface area contributed by atoms with Crippen LogP contribution in [0, 0.1) is 12.3 Å². The van der Waals surface area contributed by atoms with Gasteiger partial charge in [-0.1, -0.05) is 75.4 Å². The number of thiophene rings is 1. The molecular formula is C32H30F3NOS. The molecule has 0 saturated carbocycles. The highest BCUT2D eigenvalue weighted by Gasteiger charge is 2.46. The fraction of sp³-hybridized carbons (Fsp3) is 0.281. The summed E-state index contributed by atoms with van der Waals surface area (Å²) in [6, 6.07) is 21.8. The van der Waals surface area contributed by atoms with Crippen LogP contribution in [-0.4, -0.2) is 11.2 Å². The number of alkyl halides is 3. The summed E-state index contributed by atoms with van der Waals surface area (Å²) in [6.45, 7) is 8.89. The van der Waals surface area contributed by atoms with E-state index in [0.717, 1.165) is 32.0 Å². The molecule has 38 heavy (non-hydrogen) atoms. The van der Waals surface area contributed by atoms with E-state index < -0.39 is 11.6 Å². The number of hydrogen-bond acceptors (Lipinski definition) is 3. The summed E-state index contributed by atoms with van der Waals surface area (Å²) in [4.78, 5) is 4.77. The summed E-state index contributed by atoms with van der Waals surface area (Å²) < 4.78 is 47.2. The first kappa shape index (κ1) is 26.2. The predicted molar refractivity (Wildman–Crippen MR) is 151 cm³/mol. The maximum atomic E-state index is 13.3. The average molecular weight is 534 g/mol. The van der Waals surface area contributed by atoms with Crippen molar-refractivity contribution in [3.05, 3.63) is 89.6 Å². The van der Waals surface area contributed by atoms with E-state index in [1.54, 1.807) is 35.6 Å².